The summed E-state index contributed by atoms with van der Waals surface area (Å²) in [5.74, 6) is -0.133. The van der Waals surface area contributed by atoms with Crippen LogP contribution in [0.15, 0.2) is 4.79 Å². The summed E-state index contributed by atoms with van der Waals surface area (Å²) >= 11 is 0. The smallest absolute Gasteiger partial charge is 0.253 e. The second-order valence-electron chi connectivity index (χ2n) is 3.56. The van der Waals surface area contributed by atoms with E-state index in [9.17, 15) is 9.59 Å². The minimum Gasteiger partial charge on any atom is -0.352 e. The molecule has 1 aromatic heterocycles. The summed E-state index contributed by atoms with van der Waals surface area (Å²) in [4.78, 5) is 25.8. The van der Waals surface area contributed by atoms with Gasteiger partial charge in [0.25, 0.3) is 11.5 Å². The molecule has 82 valence electrons. The van der Waals surface area contributed by atoms with Gasteiger partial charge in [0.2, 0.25) is 0 Å². The first-order valence-corrected chi connectivity index (χ1v) is 4.97. The zero-order valence-electron chi connectivity index (χ0n) is 9.52. The lowest BCUT2D eigenvalue weighted by Crippen LogP contribution is -2.27. The monoisotopic (exact) mass is 208 g/mol. The number of aromatic amines is 1. The van der Waals surface area contributed by atoms with E-state index in [0.717, 1.165) is 5.56 Å². The lowest BCUT2D eigenvalue weighted by atomic mass is 10.0. The fourth-order valence-corrected chi connectivity index (χ4v) is 1.56. The highest BCUT2D eigenvalue weighted by atomic mass is 16.1. The van der Waals surface area contributed by atoms with E-state index >= 15 is 0 Å². The highest BCUT2D eigenvalue weighted by molar-refractivity contribution is 5.96. The predicted molar refractivity (Wildman–Crippen MR) is 59.3 cm³/mol. The summed E-state index contributed by atoms with van der Waals surface area (Å²) < 4.78 is 0. The van der Waals surface area contributed by atoms with Crippen LogP contribution in [0.1, 0.15) is 34.1 Å². The van der Waals surface area contributed by atoms with Crippen LogP contribution in [0.25, 0.3) is 0 Å². The van der Waals surface area contributed by atoms with Crippen molar-refractivity contribution in [3.8, 4) is 0 Å². The first-order chi connectivity index (χ1) is 6.99. The molecule has 0 unspecified atom stereocenters. The van der Waals surface area contributed by atoms with Gasteiger partial charge in [-0.05, 0) is 33.3 Å². The molecule has 15 heavy (non-hydrogen) atoms. The fraction of sp³-hybridized carbons (Fsp3) is 0.455. The van der Waals surface area contributed by atoms with Crippen LogP contribution in [0, 0.1) is 20.8 Å². The minimum absolute atomic E-state index is 0.127. The van der Waals surface area contributed by atoms with Crippen molar-refractivity contribution < 1.29 is 4.79 Å². The maximum absolute atomic E-state index is 11.7. The number of nitrogens with one attached hydrogen (secondary N) is 2. The molecule has 0 fully saturated rings. The number of carbonyl (C=O) groups excluding carboxylic acids is 1. The van der Waals surface area contributed by atoms with E-state index in [2.05, 4.69) is 10.3 Å². The van der Waals surface area contributed by atoms with Gasteiger partial charge in [0, 0.05) is 17.8 Å². The van der Waals surface area contributed by atoms with Crippen molar-refractivity contribution in [2.75, 3.05) is 6.54 Å². The molecule has 0 spiro atoms. The first kappa shape index (κ1) is 11.5. The van der Waals surface area contributed by atoms with Gasteiger partial charge in [-0.2, -0.15) is 0 Å². The summed E-state index contributed by atoms with van der Waals surface area (Å²) in [5, 5.41) is 2.73. The highest BCUT2D eigenvalue weighted by Crippen LogP contribution is 2.11. The van der Waals surface area contributed by atoms with Gasteiger partial charge >= 0.3 is 0 Å². The van der Waals surface area contributed by atoms with E-state index in [1.54, 1.807) is 20.8 Å². The Bertz CT molecular complexity index is 447. The molecule has 4 nitrogen and oxygen atoms in total. The van der Waals surface area contributed by atoms with E-state index in [1.807, 2.05) is 6.92 Å². The number of H-pyrrole nitrogens is 1. The number of hydrogen-bond donors (Lipinski definition) is 2. The molecule has 1 aromatic rings. The van der Waals surface area contributed by atoms with E-state index in [1.165, 1.54) is 0 Å². The van der Waals surface area contributed by atoms with Crippen molar-refractivity contribution in [1.29, 1.82) is 0 Å². The molecule has 0 saturated heterocycles. The summed E-state index contributed by atoms with van der Waals surface area (Å²) in [6, 6.07) is 0. The summed E-state index contributed by atoms with van der Waals surface area (Å²) in [7, 11) is 0. The van der Waals surface area contributed by atoms with E-state index in [0.29, 0.717) is 23.4 Å². The fourth-order valence-electron chi connectivity index (χ4n) is 1.56. The summed E-state index contributed by atoms with van der Waals surface area (Å²) in [5.41, 5.74) is 2.42. The molecule has 0 aliphatic heterocycles. The second-order valence-corrected chi connectivity index (χ2v) is 3.56. The molecule has 4 heteroatoms. The number of aryl methyl sites for hydroxylation is 1. The minimum atomic E-state index is -0.133. The summed E-state index contributed by atoms with van der Waals surface area (Å²) in [6.07, 6.45) is 0. The molecule has 1 amide bonds. The van der Waals surface area contributed by atoms with Crippen molar-refractivity contribution in [2.24, 2.45) is 0 Å². The average molecular weight is 208 g/mol. The topological polar surface area (TPSA) is 62.0 Å². The Balaban J connectivity index is 3.36. The third-order valence-corrected chi connectivity index (χ3v) is 2.52. The van der Waals surface area contributed by atoms with Crippen molar-refractivity contribution >= 4 is 5.91 Å². The molecule has 1 rings (SSSR count). The maximum atomic E-state index is 11.7. The van der Waals surface area contributed by atoms with Crippen molar-refractivity contribution in [2.45, 2.75) is 27.7 Å². The number of hydrogen-bond acceptors (Lipinski definition) is 2. The van der Waals surface area contributed by atoms with Gasteiger partial charge in [-0.3, -0.25) is 9.59 Å². The maximum Gasteiger partial charge on any atom is 0.253 e. The number of carbonyl (C=O) groups is 1. The van der Waals surface area contributed by atoms with Crippen molar-refractivity contribution in [3.63, 3.8) is 0 Å². The number of amides is 1. The lowest BCUT2D eigenvalue weighted by molar-refractivity contribution is 0.0954. The van der Waals surface area contributed by atoms with Crippen LogP contribution in [0.5, 0.6) is 0 Å². The molecular formula is C11H16N2O2. The predicted octanol–water partition coefficient (Wildman–Crippen LogP) is 1.05. The Morgan fingerprint density at radius 1 is 1.27 bits per heavy atom. The Morgan fingerprint density at radius 3 is 2.40 bits per heavy atom. The van der Waals surface area contributed by atoms with Crippen molar-refractivity contribution in [3.05, 3.63) is 32.7 Å². The van der Waals surface area contributed by atoms with Gasteiger partial charge in [-0.1, -0.05) is 0 Å². The quantitative estimate of drug-likeness (QED) is 0.763. The summed E-state index contributed by atoms with van der Waals surface area (Å²) in [6.45, 7) is 7.69. The molecule has 0 aromatic carbocycles. The zero-order chi connectivity index (χ0) is 11.6. The van der Waals surface area contributed by atoms with E-state index < -0.39 is 0 Å². The normalized spacial score (nSPS) is 10.1. The largest absolute Gasteiger partial charge is 0.352 e. The SMILES string of the molecule is CCNC(=O)c1c(C)[nH]c(=O)c(C)c1C. The van der Waals surface area contributed by atoms with Gasteiger partial charge < -0.3 is 10.3 Å². The van der Waals surface area contributed by atoms with Crippen LogP contribution in [0.3, 0.4) is 0 Å². The van der Waals surface area contributed by atoms with Crippen LogP contribution < -0.4 is 10.9 Å². The average Bonchev–Trinajstić information content (AvgIpc) is 2.15. The van der Waals surface area contributed by atoms with Gasteiger partial charge in [0.1, 0.15) is 0 Å². The van der Waals surface area contributed by atoms with Crippen molar-refractivity contribution in [1.82, 2.24) is 10.3 Å². The van der Waals surface area contributed by atoms with E-state index in [4.69, 9.17) is 0 Å². The third-order valence-electron chi connectivity index (χ3n) is 2.52. The van der Waals surface area contributed by atoms with Crippen LogP contribution in [0.2, 0.25) is 0 Å². The van der Waals surface area contributed by atoms with Gasteiger partial charge in [0.15, 0.2) is 0 Å². The van der Waals surface area contributed by atoms with Crippen LogP contribution in [-0.4, -0.2) is 17.4 Å². The Hall–Kier alpha value is -1.58. The molecule has 1 heterocycles. The standard InChI is InChI=1S/C11H16N2O2/c1-5-12-11(15)9-6(2)7(3)10(14)13-8(9)4/h5H2,1-4H3,(H,12,15)(H,13,14). The first-order valence-electron chi connectivity index (χ1n) is 4.97. The molecule has 0 atom stereocenters. The Labute approximate surface area is 88.7 Å². The molecule has 0 bridgehead atoms. The Kier molecular flexibility index (Phi) is 3.29. The van der Waals surface area contributed by atoms with Crippen LogP contribution >= 0.6 is 0 Å². The van der Waals surface area contributed by atoms with Gasteiger partial charge in [0.05, 0.1) is 5.56 Å². The highest BCUT2D eigenvalue weighted by Gasteiger charge is 2.14. The third kappa shape index (κ3) is 2.09. The Morgan fingerprint density at radius 2 is 1.87 bits per heavy atom. The van der Waals surface area contributed by atoms with E-state index in [-0.39, 0.29) is 11.5 Å². The molecule has 0 radical (unpaired) electrons. The van der Waals surface area contributed by atoms with Gasteiger partial charge in [-0.25, -0.2) is 0 Å². The zero-order valence-corrected chi connectivity index (χ0v) is 9.52. The second kappa shape index (κ2) is 4.29. The van der Waals surface area contributed by atoms with Gasteiger partial charge in [-0.15, -0.1) is 0 Å². The lowest BCUT2D eigenvalue weighted by Gasteiger charge is -2.10. The molecule has 0 aliphatic carbocycles. The molecule has 0 saturated carbocycles. The van der Waals surface area contributed by atoms with Crippen LogP contribution in [0.4, 0.5) is 0 Å². The molecule has 0 aliphatic rings. The number of aromatic nitrogens is 1. The molecule has 2 N–H and O–H groups in total. The van der Waals surface area contributed by atoms with Crippen LogP contribution in [-0.2, 0) is 0 Å². The number of pyridine rings is 1. The number of rotatable bonds is 2. The molecular weight excluding hydrogens is 192 g/mol.